The summed E-state index contributed by atoms with van der Waals surface area (Å²) in [6.07, 6.45) is 2.81. The zero-order chi connectivity index (χ0) is 15.7. The summed E-state index contributed by atoms with van der Waals surface area (Å²) in [5, 5.41) is 0. The van der Waals surface area contributed by atoms with Crippen LogP contribution in [0.15, 0.2) is 36.4 Å². The summed E-state index contributed by atoms with van der Waals surface area (Å²) < 4.78 is 4.35. The van der Waals surface area contributed by atoms with Crippen molar-refractivity contribution < 1.29 is 23.9 Å². The maximum atomic E-state index is 11.4. The quantitative estimate of drug-likeness (QED) is 0.332. The lowest BCUT2D eigenvalue weighted by Gasteiger charge is -1.99. The average molecular weight is 288 g/mol. The molecule has 0 heterocycles. The van der Waals surface area contributed by atoms with E-state index in [1.165, 1.54) is 6.08 Å². The van der Waals surface area contributed by atoms with Crippen LogP contribution in [0.2, 0.25) is 0 Å². The normalized spacial score (nSPS) is 10.3. The van der Waals surface area contributed by atoms with E-state index in [0.29, 0.717) is 6.42 Å². The van der Waals surface area contributed by atoms with E-state index in [0.717, 1.165) is 11.6 Å². The molecule has 0 aliphatic carbocycles. The molecule has 0 saturated carbocycles. The van der Waals surface area contributed by atoms with Crippen molar-refractivity contribution in [3.05, 3.63) is 42.0 Å². The lowest BCUT2D eigenvalue weighted by molar-refractivity contribution is -0.162. The lowest BCUT2D eigenvalue weighted by Crippen LogP contribution is -2.22. The smallest absolute Gasteiger partial charge is 0.382 e. The molecule has 0 unspecified atom stereocenters. The van der Waals surface area contributed by atoms with Crippen LogP contribution in [0.4, 0.5) is 0 Å². The molecule has 0 amide bonds. The van der Waals surface area contributed by atoms with Crippen molar-refractivity contribution in [2.75, 3.05) is 0 Å². The van der Waals surface area contributed by atoms with Gasteiger partial charge in [-0.25, -0.2) is 9.59 Å². The van der Waals surface area contributed by atoms with Gasteiger partial charge in [-0.1, -0.05) is 37.3 Å². The van der Waals surface area contributed by atoms with Gasteiger partial charge >= 0.3 is 11.9 Å². The number of rotatable bonds is 7. The molecule has 1 aromatic carbocycles. The van der Waals surface area contributed by atoms with E-state index in [9.17, 15) is 19.2 Å². The van der Waals surface area contributed by atoms with Crippen molar-refractivity contribution in [1.82, 2.24) is 0 Å². The molecule has 5 heteroatoms. The molecule has 0 N–H and O–H groups in total. The zero-order valence-electron chi connectivity index (χ0n) is 11.7. The Morgan fingerprint density at radius 1 is 1.10 bits per heavy atom. The fourth-order valence-electron chi connectivity index (χ4n) is 1.53. The number of hydrogen-bond acceptors (Lipinski definition) is 5. The zero-order valence-corrected chi connectivity index (χ0v) is 11.7. The third kappa shape index (κ3) is 6.42. The number of benzene rings is 1. The van der Waals surface area contributed by atoms with E-state index in [2.05, 4.69) is 4.74 Å². The summed E-state index contributed by atoms with van der Waals surface area (Å²) in [5.74, 6) is -3.59. The summed E-state index contributed by atoms with van der Waals surface area (Å²) in [6.45, 7) is 1.79. The fraction of sp³-hybridized carbons (Fsp3) is 0.250. The van der Waals surface area contributed by atoms with Gasteiger partial charge < -0.3 is 4.74 Å². The topological polar surface area (TPSA) is 77.5 Å². The molecular weight excluding hydrogens is 272 g/mol. The van der Waals surface area contributed by atoms with Gasteiger partial charge in [0.1, 0.15) is 5.78 Å². The van der Waals surface area contributed by atoms with E-state index >= 15 is 0 Å². The Morgan fingerprint density at radius 2 is 1.76 bits per heavy atom. The minimum Gasteiger partial charge on any atom is -0.384 e. The van der Waals surface area contributed by atoms with Crippen LogP contribution in [-0.4, -0.2) is 23.5 Å². The third-order valence-electron chi connectivity index (χ3n) is 2.52. The number of esters is 2. The third-order valence-corrected chi connectivity index (χ3v) is 2.52. The number of ketones is 2. The molecule has 0 saturated heterocycles. The second-order valence-corrected chi connectivity index (χ2v) is 4.34. The Hall–Kier alpha value is -2.56. The summed E-state index contributed by atoms with van der Waals surface area (Å²) >= 11 is 0. The van der Waals surface area contributed by atoms with Gasteiger partial charge in [-0.2, -0.15) is 0 Å². The van der Waals surface area contributed by atoms with Crippen LogP contribution >= 0.6 is 0 Å². The number of ether oxygens (including phenoxy) is 1. The Kier molecular flexibility index (Phi) is 6.74. The van der Waals surface area contributed by atoms with Gasteiger partial charge in [0.15, 0.2) is 0 Å². The monoisotopic (exact) mass is 288 g/mol. The SMILES string of the molecule is CCCC(=O)CC(=O)C(=O)OC(=O)/C=C/c1ccccc1. The highest BCUT2D eigenvalue weighted by molar-refractivity contribution is 6.38. The average Bonchev–Trinajstić information content (AvgIpc) is 2.46. The van der Waals surface area contributed by atoms with Crippen LogP contribution in [0, 0.1) is 0 Å². The lowest BCUT2D eigenvalue weighted by atomic mass is 10.1. The van der Waals surface area contributed by atoms with Gasteiger partial charge in [0.05, 0.1) is 6.42 Å². The standard InChI is InChI=1S/C16H16O5/c1-2-6-13(17)11-14(18)16(20)21-15(19)10-9-12-7-4-3-5-8-12/h3-5,7-10H,2,6,11H2,1H3/b10-9+. The second kappa shape index (κ2) is 8.58. The van der Waals surface area contributed by atoms with Crippen molar-refractivity contribution in [2.24, 2.45) is 0 Å². The van der Waals surface area contributed by atoms with Crippen LogP contribution < -0.4 is 0 Å². The van der Waals surface area contributed by atoms with Gasteiger partial charge in [-0.05, 0) is 18.1 Å². The predicted molar refractivity (Wildman–Crippen MR) is 76.1 cm³/mol. The van der Waals surface area contributed by atoms with Gasteiger partial charge in [0, 0.05) is 12.5 Å². The van der Waals surface area contributed by atoms with E-state index in [-0.39, 0.29) is 12.2 Å². The summed E-state index contributed by atoms with van der Waals surface area (Å²) in [7, 11) is 0. The Bertz CT molecular complexity index is 557. The Labute approximate surface area is 122 Å². The Balaban J connectivity index is 2.47. The molecule has 0 aromatic heterocycles. The van der Waals surface area contributed by atoms with Crippen LogP contribution in [-0.2, 0) is 23.9 Å². The number of hydrogen-bond donors (Lipinski definition) is 0. The highest BCUT2D eigenvalue weighted by atomic mass is 16.6. The number of Topliss-reactive ketones (excluding diaryl/α,β-unsaturated/α-hetero) is 2. The molecule has 0 fully saturated rings. The molecule has 0 spiro atoms. The van der Waals surface area contributed by atoms with Crippen LogP contribution in [0.1, 0.15) is 31.7 Å². The summed E-state index contributed by atoms with van der Waals surface area (Å²) in [5.41, 5.74) is 0.756. The van der Waals surface area contributed by atoms with Gasteiger partial charge in [0.2, 0.25) is 5.78 Å². The maximum Gasteiger partial charge on any atom is 0.382 e. The van der Waals surface area contributed by atoms with E-state index in [4.69, 9.17) is 0 Å². The van der Waals surface area contributed by atoms with Crippen LogP contribution in [0.25, 0.3) is 6.08 Å². The molecule has 110 valence electrons. The first-order chi connectivity index (χ1) is 10.0. The highest BCUT2D eigenvalue weighted by Gasteiger charge is 2.20. The molecule has 0 aliphatic rings. The Morgan fingerprint density at radius 3 is 2.38 bits per heavy atom. The van der Waals surface area contributed by atoms with E-state index in [1.807, 2.05) is 6.07 Å². The first kappa shape index (κ1) is 16.5. The minimum absolute atomic E-state index is 0.223. The summed E-state index contributed by atoms with van der Waals surface area (Å²) in [6, 6.07) is 8.93. The molecule has 0 radical (unpaired) electrons. The maximum absolute atomic E-state index is 11.4. The van der Waals surface area contributed by atoms with Gasteiger partial charge in [-0.15, -0.1) is 0 Å². The predicted octanol–water partition coefficient (Wildman–Crippen LogP) is 2.10. The second-order valence-electron chi connectivity index (χ2n) is 4.34. The van der Waals surface area contributed by atoms with Gasteiger partial charge in [0.25, 0.3) is 0 Å². The molecule has 0 aliphatic heterocycles. The van der Waals surface area contributed by atoms with Crippen LogP contribution in [0.3, 0.4) is 0 Å². The molecule has 0 atom stereocenters. The number of carbonyl (C=O) groups is 4. The van der Waals surface area contributed by atoms with E-state index < -0.39 is 24.1 Å². The van der Waals surface area contributed by atoms with E-state index in [1.54, 1.807) is 31.2 Å². The van der Waals surface area contributed by atoms with Crippen LogP contribution in [0.5, 0.6) is 0 Å². The molecule has 1 rings (SSSR count). The van der Waals surface area contributed by atoms with Crippen molar-refractivity contribution >= 4 is 29.6 Å². The molecule has 0 bridgehead atoms. The fourth-order valence-corrected chi connectivity index (χ4v) is 1.53. The first-order valence-electron chi connectivity index (χ1n) is 6.56. The molecular formula is C16H16O5. The largest absolute Gasteiger partial charge is 0.384 e. The first-order valence-corrected chi connectivity index (χ1v) is 6.56. The molecule has 5 nitrogen and oxygen atoms in total. The van der Waals surface area contributed by atoms with Crippen molar-refractivity contribution in [3.8, 4) is 0 Å². The van der Waals surface area contributed by atoms with Crippen molar-refractivity contribution in [3.63, 3.8) is 0 Å². The van der Waals surface area contributed by atoms with Crippen molar-refractivity contribution in [2.45, 2.75) is 26.2 Å². The molecule has 21 heavy (non-hydrogen) atoms. The molecule has 1 aromatic rings. The minimum atomic E-state index is -1.30. The van der Waals surface area contributed by atoms with Gasteiger partial charge in [-0.3, -0.25) is 9.59 Å². The summed E-state index contributed by atoms with van der Waals surface area (Å²) in [4.78, 5) is 45.3. The number of carbonyl (C=O) groups excluding carboxylic acids is 4. The van der Waals surface area contributed by atoms with Crippen molar-refractivity contribution in [1.29, 1.82) is 0 Å². The highest BCUT2D eigenvalue weighted by Crippen LogP contribution is 2.02.